The van der Waals surface area contributed by atoms with E-state index in [9.17, 15) is 4.39 Å². The Morgan fingerprint density at radius 3 is 2.81 bits per heavy atom. The molecule has 2 aromatic rings. The Hall–Kier alpha value is -1.39. The fourth-order valence-corrected chi connectivity index (χ4v) is 1.62. The lowest BCUT2D eigenvalue weighted by Crippen LogP contribution is -2.02. The molecule has 0 aliphatic heterocycles. The molecule has 0 saturated heterocycles. The predicted octanol–water partition coefficient (Wildman–Crippen LogP) is 3.15. The van der Waals surface area contributed by atoms with Crippen LogP contribution in [-0.4, -0.2) is 5.16 Å². The summed E-state index contributed by atoms with van der Waals surface area (Å²) < 4.78 is 18.5. The lowest BCUT2D eigenvalue weighted by molar-refractivity contribution is 0.369. The first-order chi connectivity index (χ1) is 7.59. The third kappa shape index (κ3) is 1.94. The van der Waals surface area contributed by atoms with E-state index in [1.807, 2.05) is 0 Å². The monoisotopic (exact) mass is 240 g/mol. The standard InChI is InChI=1S/C11H10ClFN2O/c1-6(14)10-5-9(15-16-10)11-7(12)3-2-4-8(11)13/h2-6H,14H2,1H3. The molecule has 1 aromatic carbocycles. The highest BCUT2D eigenvalue weighted by Crippen LogP contribution is 2.30. The van der Waals surface area contributed by atoms with Crippen molar-refractivity contribution in [1.82, 2.24) is 5.16 Å². The quantitative estimate of drug-likeness (QED) is 0.877. The van der Waals surface area contributed by atoms with Crippen molar-refractivity contribution in [3.8, 4) is 11.3 Å². The highest BCUT2D eigenvalue weighted by atomic mass is 35.5. The van der Waals surface area contributed by atoms with Crippen LogP contribution in [0.3, 0.4) is 0 Å². The lowest BCUT2D eigenvalue weighted by atomic mass is 10.1. The van der Waals surface area contributed by atoms with Gasteiger partial charge < -0.3 is 10.3 Å². The molecule has 2 N–H and O–H groups in total. The minimum atomic E-state index is -0.433. The number of hydrogen-bond acceptors (Lipinski definition) is 3. The lowest BCUT2D eigenvalue weighted by Gasteiger charge is -2.00. The molecule has 2 rings (SSSR count). The van der Waals surface area contributed by atoms with Crippen molar-refractivity contribution in [2.75, 3.05) is 0 Å². The van der Waals surface area contributed by atoms with Crippen LogP contribution in [-0.2, 0) is 0 Å². The topological polar surface area (TPSA) is 52.0 Å². The molecular weight excluding hydrogens is 231 g/mol. The summed E-state index contributed by atoms with van der Waals surface area (Å²) in [5, 5.41) is 4.05. The first-order valence-electron chi connectivity index (χ1n) is 4.76. The molecule has 16 heavy (non-hydrogen) atoms. The summed E-state index contributed by atoms with van der Waals surface area (Å²) in [5.41, 5.74) is 6.21. The van der Waals surface area contributed by atoms with Crippen LogP contribution in [0.4, 0.5) is 4.39 Å². The fourth-order valence-electron chi connectivity index (χ4n) is 1.36. The van der Waals surface area contributed by atoms with E-state index in [1.54, 1.807) is 19.1 Å². The van der Waals surface area contributed by atoms with Gasteiger partial charge in [0.2, 0.25) is 0 Å². The zero-order chi connectivity index (χ0) is 11.7. The molecule has 5 heteroatoms. The van der Waals surface area contributed by atoms with Crippen molar-refractivity contribution in [1.29, 1.82) is 0 Å². The maximum atomic E-state index is 13.5. The number of halogens is 2. The molecule has 0 radical (unpaired) electrons. The van der Waals surface area contributed by atoms with E-state index in [2.05, 4.69) is 5.16 Å². The summed E-state index contributed by atoms with van der Waals surface area (Å²) in [7, 11) is 0. The summed E-state index contributed by atoms with van der Waals surface area (Å²) >= 11 is 5.90. The smallest absolute Gasteiger partial charge is 0.153 e. The van der Waals surface area contributed by atoms with Crippen molar-refractivity contribution in [3.63, 3.8) is 0 Å². The van der Waals surface area contributed by atoms with Crippen LogP contribution in [0.5, 0.6) is 0 Å². The Morgan fingerprint density at radius 1 is 1.50 bits per heavy atom. The second-order valence-electron chi connectivity index (χ2n) is 3.50. The van der Waals surface area contributed by atoms with Crippen LogP contribution in [0, 0.1) is 5.82 Å². The minimum Gasteiger partial charge on any atom is -0.359 e. The molecule has 3 nitrogen and oxygen atoms in total. The Balaban J connectivity index is 2.50. The van der Waals surface area contributed by atoms with Crippen LogP contribution in [0.25, 0.3) is 11.3 Å². The van der Waals surface area contributed by atoms with Gasteiger partial charge in [-0.2, -0.15) is 0 Å². The second-order valence-corrected chi connectivity index (χ2v) is 3.91. The summed E-state index contributed by atoms with van der Waals surface area (Å²) in [6.07, 6.45) is 0. The molecule has 0 fully saturated rings. The molecule has 0 spiro atoms. The summed E-state index contributed by atoms with van der Waals surface area (Å²) in [6.45, 7) is 1.76. The van der Waals surface area contributed by atoms with Crippen LogP contribution in [0.15, 0.2) is 28.8 Å². The maximum Gasteiger partial charge on any atom is 0.153 e. The van der Waals surface area contributed by atoms with E-state index in [-0.39, 0.29) is 11.6 Å². The van der Waals surface area contributed by atoms with E-state index >= 15 is 0 Å². The average Bonchev–Trinajstić information content (AvgIpc) is 2.66. The van der Waals surface area contributed by atoms with E-state index in [0.717, 1.165) is 0 Å². The molecule has 0 aliphatic rings. The van der Waals surface area contributed by atoms with Gasteiger partial charge in [0.15, 0.2) is 5.76 Å². The fraction of sp³-hybridized carbons (Fsp3) is 0.182. The van der Waals surface area contributed by atoms with E-state index < -0.39 is 5.82 Å². The van der Waals surface area contributed by atoms with Crippen molar-refractivity contribution < 1.29 is 8.91 Å². The van der Waals surface area contributed by atoms with Gasteiger partial charge in [0.25, 0.3) is 0 Å². The number of nitrogens with zero attached hydrogens (tertiary/aromatic N) is 1. The third-order valence-corrected chi connectivity index (χ3v) is 2.51. The van der Waals surface area contributed by atoms with Gasteiger partial charge in [-0.25, -0.2) is 4.39 Å². The normalized spacial score (nSPS) is 12.8. The molecule has 1 heterocycles. The molecule has 1 aromatic heterocycles. The van der Waals surface area contributed by atoms with Gasteiger partial charge >= 0.3 is 0 Å². The summed E-state index contributed by atoms with van der Waals surface area (Å²) in [6, 6.07) is 5.76. The van der Waals surface area contributed by atoms with Crippen molar-refractivity contribution in [2.45, 2.75) is 13.0 Å². The maximum absolute atomic E-state index is 13.5. The van der Waals surface area contributed by atoms with E-state index in [1.165, 1.54) is 12.1 Å². The van der Waals surface area contributed by atoms with Crippen molar-refractivity contribution in [2.24, 2.45) is 5.73 Å². The largest absolute Gasteiger partial charge is 0.359 e. The first-order valence-corrected chi connectivity index (χ1v) is 5.14. The van der Waals surface area contributed by atoms with Crippen LogP contribution >= 0.6 is 11.6 Å². The van der Waals surface area contributed by atoms with Crippen molar-refractivity contribution >= 4 is 11.6 Å². The zero-order valence-electron chi connectivity index (χ0n) is 8.58. The first kappa shape index (κ1) is 11.1. The Morgan fingerprint density at radius 2 is 2.25 bits per heavy atom. The number of aromatic nitrogens is 1. The van der Waals surface area contributed by atoms with E-state index in [0.29, 0.717) is 16.5 Å². The van der Waals surface area contributed by atoms with Gasteiger partial charge in [0, 0.05) is 6.07 Å². The Bertz CT molecular complexity index is 490. The molecule has 0 amide bonds. The van der Waals surface area contributed by atoms with E-state index in [4.69, 9.17) is 21.9 Å². The van der Waals surface area contributed by atoms with Gasteiger partial charge in [-0.3, -0.25) is 0 Å². The Kier molecular flexibility index (Phi) is 2.94. The predicted molar refractivity (Wildman–Crippen MR) is 59.5 cm³/mol. The molecule has 0 bridgehead atoms. The van der Waals surface area contributed by atoms with Crippen molar-refractivity contribution in [3.05, 3.63) is 40.9 Å². The summed E-state index contributed by atoms with van der Waals surface area (Å²) in [5.74, 6) is 0.0614. The number of hydrogen-bond donors (Lipinski definition) is 1. The van der Waals surface area contributed by atoms with Gasteiger partial charge in [-0.15, -0.1) is 0 Å². The average molecular weight is 241 g/mol. The molecule has 1 unspecified atom stereocenters. The highest BCUT2D eigenvalue weighted by Gasteiger charge is 2.15. The SMILES string of the molecule is CC(N)c1cc(-c2c(F)cccc2Cl)no1. The van der Waals surface area contributed by atoms with Gasteiger partial charge in [-0.05, 0) is 19.1 Å². The second kappa shape index (κ2) is 4.23. The Labute approximate surface area is 97.0 Å². The molecular formula is C11H10ClFN2O. The van der Waals surface area contributed by atoms with Gasteiger partial charge in [-0.1, -0.05) is 22.8 Å². The van der Waals surface area contributed by atoms with Gasteiger partial charge in [0.05, 0.1) is 16.6 Å². The minimum absolute atomic E-state index is 0.236. The molecule has 84 valence electrons. The zero-order valence-corrected chi connectivity index (χ0v) is 9.33. The number of rotatable bonds is 2. The summed E-state index contributed by atoms with van der Waals surface area (Å²) in [4.78, 5) is 0. The molecule has 0 aliphatic carbocycles. The third-order valence-electron chi connectivity index (χ3n) is 2.20. The molecule has 0 saturated carbocycles. The highest BCUT2D eigenvalue weighted by molar-refractivity contribution is 6.33. The van der Waals surface area contributed by atoms with Gasteiger partial charge in [0.1, 0.15) is 11.5 Å². The molecule has 1 atom stereocenters. The number of nitrogens with two attached hydrogens (primary N) is 1. The number of benzene rings is 1. The van der Waals surface area contributed by atoms with Crippen LogP contribution in [0.1, 0.15) is 18.7 Å². The van der Waals surface area contributed by atoms with Crippen LogP contribution in [0.2, 0.25) is 5.02 Å². The van der Waals surface area contributed by atoms with Crippen LogP contribution < -0.4 is 5.73 Å².